The molecule has 0 aromatic heterocycles. The van der Waals surface area contributed by atoms with E-state index in [4.69, 9.17) is 11.5 Å². The van der Waals surface area contributed by atoms with Crippen LogP contribution in [0.2, 0.25) is 0 Å². The fourth-order valence-corrected chi connectivity index (χ4v) is 4.22. The molecule has 10 nitrogen and oxygen atoms in total. The van der Waals surface area contributed by atoms with E-state index in [1.54, 1.807) is 0 Å². The predicted molar refractivity (Wildman–Crippen MR) is 137 cm³/mol. The molecule has 4 amide bonds. The van der Waals surface area contributed by atoms with E-state index in [0.717, 1.165) is 19.3 Å². The van der Waals surface area contributed by atoms with Crippen LogP contribution in [0.4, 0.5) is 0 Å². The maximum atomic E-state index is 13.1. The highest BCUT2D eigenvalue weighted by Crippen LogP contribution is 2.12. The van der Waals surface area contributed by atoms with Crippen LogP contribution in [0.3, 0.4) is 0 Å². The minimum atomic E-state index is -0.802. The minimum Gasteiger partial charge on any atom is -0.351 e. The van der Waals surface area contributed by atoms with Crippen molar-refractivity contribution in [1.82, 2.24) is 21.3 Å². The summed E-state index contributed by atoms with van der Waals surface area (Å²) in [4.78, 5) is 51.0. The third-order valence-electron chi connectivity index (χ3n) is 6.31. The van der Waals surface area contributed by atoms with E-state index in [0.29, 0.717) is 51.6 Å². The first-order chi connectivity index (χ1) is 16.9. The van der Waals surface area contributed by atoms with Crippen LogP contribution in [0.1, 0.15) is 96.8 Å². The quantitative estimate of drug-likeness (QED) is 0.185. The predicted octanol–water partition coefficient (Wildman–Crippen LogP) is 0.969. The van der Waals surface area contributed by atoms with Crippen molar-refractivity contribution in [3.8, 4) is 0 Å². The van der Waals surface area contributed by atoms with E-state index >= 15 is 0 Å². The first-order valence-corrected chi connectivity index (χ1v) is 13.5. The lowest BCUT2D eigenvalue weighted by Crippen LogP contribution is -2.55. The molecule has 1 rings (SSSR count). The van der Waals surface area contributed by atoms with E-state index < -0.39 is 23.9 Å². The fraction of sp³-hybridized carbons (Fsp3) is 0.840. The van der Waals surface area contributed by atoms with Gasteiger partial charge in [0.2, 0.25) is 23.6 Å². The average molecular weight is 497 g/mol. The second-order valence-electron chi connectivity index (χ2n) is 9.49. The second-order valence-corrected chi connectivity index (χ2v) is 9.49. The lowest BCUT2D eigenvalue weighted by atomic mass is 10.0. The van der Waals surface area contributed by atoms with Crippen molar-refractivity contribution < 1.29 is 19.2 Å². The van der Waals surface area contributed by atoms with Gasteiger partial charge in [-0.2, -0.15) is 0 Å². The van der Waals surface area contributed by atoms with Crippen molar-refractivity contribution in [3.63, 3.8) is 0 Å². The number of nitrogens with two attached hydrogens (primary N) is 2. The van der Waals surface area contributed by atoms with Gasteiger partial charge in [-0.05, 0) is 51.6 Å². The van der Waals surface area contributed by atoms with Crippen molar-refractivity contribution in [2.24, 2.45) is 11.5 Å². The van der Waals surface area contributed by atoms with E-state index in [-0.39, 0.29) is 30.8 Å². The van der Waals surface area contributed by atoms with Crippen molar-refractivity contribution in [2.75, 3.05) is 19.6 Å². The third kappa shape index (κ3) is 14.1. The third-order valence-corrected chi connectivity index (χ3v) is 6.31. The smallest absolute Gasteiger partial charge is 0.243 e. The van der Waals surface area contributed by atoms with Gasteiger partial charge in [-0.3, -0.25) is 19.2 Å². The van der Waals surface area contributed by atoms with E-state index in [9.17, 15) is 19.2 Å². The normalized spacial score (nSPS) is 22.2. The summed E-state index contributed by atoms with van der Waals surface area (Å²) >= 11 is 0. The van der Waals surface area contributed by atoms with Gasteiger partial charge >= 0.3 is 0 Å². The Hall–Kier alpha value is -2.20. The standard InChI is InChI=1S/C25H48N6O4/c1-2-3-4-5-6-7-8-12-19-17-22(32)28-18-23(33)30-20(13-9-10-15-26)25(35)31-21(14-11-16-27)24(34)29-19/h19-21H,2-18,26-27H2,1H3,(H,28,32)(H,29,34)(H,30,33)(H,31,35)/t19-,20+,21+/m1/s1. The van der Waals surface area contributed by atoms with Gasteiger partial charge in [-0.1, -0.05) is 51.9 Å². The Morgan fingerprint density at radius 3 is 1.91 bits per heavy atom. The molecular formula is C25H48N6O4. The highest BCUT2D eigenvalue weighted by atomic mass is 16.2. The number of amides is 4. The molecule has 8 N–H and O–H groups in total. The molecule has 3 atom stereocenters. The highest BCUT2D eigenvalue weighted by Gasteiger charge is 2.29. The average Bonchev–Trinajstić information content (AvgIpc) is 2.83. The van der Waals surface area contributed by atoms with Crippen LogP contribution < -0.4 is 32.7 Å². The topological polar surface area (TPSA) is 168 Å². The number of rotatable bonds is 15. The molecule has 35 heavy (non-hydrogen) atoms. The Morgan fingerprint density at radius 2 is 1.23 bits per heavy atom. The molecule has 1 fully saturated rings. The Kier molecular flexibility index (Phi) is 16.8. The van der Waals surface area contributed by atoms with Crippen LogP contribution >= 0.6 is 0 Å². The van der Waals surface area contributed by atoms with Crippen molar-refractivity contribution in [2.45, 2.75) is 115 Å². The number of nitrogens with one attached hydrogen (secondary N) is 4. The molecule has 0 aromatic carbocycles. The molecule has 1 aliphatic heterocycles. The van der Waals surface area contributed by atoms with Crippen LogP contribution in [0, 0.1) is 0 Å². The molecule has 10 heteroatoms. The molecule has 202 valence electrons. The Morgan fingerprint density at radius 1 is 0.657 bits per heavy atom. The Bertz CT molecular complexity index is 645. The van der Waals surface area contributed by atoms with Crippen molar-refractivity contribution in [3.05, 3.63) is 0 Å². The molecule has 1 saturated heterocycles. The highest BCUT2D eigenvalue weighted by molar-refractivity contribution is 5.93. The first-order valence-electron chi connectivity index (χ1n) is 13.5. The summed E-state index contributed by atoms with van der Waals surface area (Å²) in [6.45, 7) is 2.85. The maximum Gasteiger partial charge on any atom is 0.243 e. The van der Waals surface area contributed by atoms with E-state index in [1.165, 1.54) is 25.7 Å². The number of unbranched alkanes of at least 4 members (excludes halogenated alkanes) is 7. The van der Waals surface area contributed by atoms with Crippen LogP contribution in [-0.2, 0) is 19.2 Å². The monoisotopic (exact) mass is 496 g/mol. The minimum absolute atomic E-state index is 0.0896. The summed E-state index contributed by atoms with van der Waals surface area (Å²) < 4.78 is 0. The molecular weight excluding hydrogens is 448 g/mol. The van der Waals surface area contributed by atoms with Crippen LogP contribution in [0.5, 0.6) is 0 Å². The first kappa shape index (κ1) is 30.8. The van der Waals surface area contributed by atoms with Gasteiger partial charge in [-0.15, -0.1) is 0 Å². The Balaban J connectivity index is 2.88. The van der Waals surface area contributed by atoms with Gasteiger partial charge < -0.3 is 32.7 Å². The Labute approximate surface area is 210 Å². The van der Waals surface area contributed by atoms with Crippen LogP contribution in [0.15, 0.2) is 0 Å². The van der Waals surface area contributed by atoms with Crippen molar-refractivity contribution in [1.29, 1.82) is 0 Å². The number of hydrogen-bond donors (Lipinski definition) is 6. The summed E-state index contributed by atoms with van der Waals surface area (Å²) in [5.74, 6) is -1.47. The zero-order valence-electron chi connectivity index (χ0n) is 21.5. The summed E-state index contributed by atoms with van der Waals surface area (Å²) in [5.41, 5.74) is 11.2. The van der Waals surface area contributed by atoms with Gasteiger partial charge in [0, 0.05) is 12.5 Å². The molecule has 0 spiro atoms. The number of carbonyl (C=O) groups is 4. The molecule has 0 aromatic rings. The summed E-state index contributed by atoms with van der Waals surface area (Å²) in [5, 5.41) is 11.1. The van der Waals surface area contributed by atoms with Crippen LogP contribution in [0.25, 0.3) is 0 Å². The van der Waals surface area contributed by atoms with Crippen LogP contribution in [-0.4, -0.2) is 61.4 Å². The van der Waals surface area contributed by atoms with Gasteiger partial charge in [0.1, 0.15) is 12.1 Å². The summed E-state index contributed by atoms with van der Waals surface area (Å²) in [6, 6.07) is -1.94. The fourth-order valence-electron chi connectivity index (χ4n) is 4.22. The van der Waals surface area contributed by atoms with E-state index in [2.05, 4.69) is 28.2 Å². The zero-order chi connectivity index (χ0) is 25.9. The molecule has 0 unspecified atom stereocenters. The number of hydrogen-bond acceptors (Lipinski definition) is 6. The van der Waals surface area contributed by atoms with Crippen molar-refractivity contribution >= 4 is 23.6 Å². The summed E-state index contributed by atoms with van der Waals surface area (Å²) in [6.07, 6.45) is 11.4. The largest absolute Gasteiger partial charge is 0.351 e. The van der Waals surface area contributed by atoms with Gasteiger partial charge in [-0.25, -0.2) is 0 Å². The molecule has 0 aliphatic carbocycles. The zero-order valence-corrected chi connectivity index (χ0v) is 21.5. The molecule has 0 radical (unpaired) electrons. The lowest BCUT2D eigenvalue weighted by Gasteiger charge is -2.25. The second kappa shape index (κ2) is 19.0. The summed E-state index contributed by atoms with van der Waals surface area (Å²) in [7, 11) is 0. The van der Waals surface area contributed by atoms with E-state index in [1.807, 2.05) is 0 Å². The van der Waals surface area contributed by atoms with Gasteiger partial charge in [0.25, 0.3) is 0 Å². The number of carbonyl (C=O) groups excluding carboxylic acids is 4. The molecule has 0 saturated carbocycles. The molecule has 1 aliphatic rings. The molecule has 1 heterocycles. The molecule has 0 bridgehead atoms. The van der Waals surface area contributed by atoms with Gasteiger partial charge in [0.05, 0.1) is 6.54 Å². The van der Waals surface area contributed by atoms with Gasteiger partial charge in [0.15, 0.2) is 0 Å². The lowest BCUT2D eigenvalue weighted by molar-refractivity contribution is -0.132. The maximum absolute atomic E-state index is 13.1. The SMILES string of the molecule is CCCCCCCCC[C@@H]1CC(=O)NCC(=O)N[C@@H](CCCCN)C(=O)N[C@@H](CCCN)C(=O)N1.